The van der Waals surface area contributed by atoms with Crippen LogP contribution in [0.4, 0.5) is 5.69 Å². The molecule has 1 saturated heterocycles. The lowest BCUT2D eigenvalue weighted by atomic mass is 10.0. The second kappa shape index (κ2) is 10.1. The number of carbonyl (C=O) groups excluding carboxylic acids is 2. The van der Waals surface area contributed by atoms with Crippen LogP contribution in [0, 0.1) is 6.92 Å². The van der Waals surface area contributed by atoms with Gasteiger partial charge in [-0.15, -0.1) is 0 Å². The van der Waals surface area contributed by atoms with Crippen molar-refractivity contribution in [3.63, 3.8) is 0 Å². The summed E-state index contributed by atoms with van der Waals surface area (Å²) < 4.78 is 5.82. The number of hydrogen-bond acceptors (Lipinski definition) is 5. The van der Waals surface area contributed by atoms with Gasteiger partial charge in [0, 0.05) is 37.7 Å². The molecule has 1 aromatic heterocycles. The monoisotopic (exact) mass is 396 g/mol. The summed E-state index contributed by atoms with van der Waals surface area (Å²) in [4.78, 5) is 31.5. The minimum atomic E-state index is -0.261. The molecule has 0 bridgehead atoms. The lowest BCUT2D eigenvalue weighted by Gasteiger charge is -2.32. The Morgan fingerprint density at radius 1 is 1.21 bits per heavy atom. The third-order valence-corrected chi connectivity index (χ3v) is 5.12. The zero-order valence-corrected chi connectivity index (χ0v) is 16.8. The zero-order chi connectivity index (χ0) is 20.6. The molecule has 2 amide bonds. The van der Waals surface area contributed by atoms with E-state index >= 15 is 0 Å². The van der Waals surface area contributed by atoms with E-state index < -0.39 is 0 Å². The van der Waals surface area contributed by atoms with E-state index in [4.69, 9.17) is 10.5 Å². The van der Waals surface area contributed by atoms with Gasteiger partial charge in [0.05, 0.1) is 17.4 Å². The van der Waals surface area contributed by atoms with Crippen molar-refractivity contribution >= 4 is 17.5 Å². The van der Waals surface area contributed by atoms with Crippen molar-refractivity contribution in [1.29, 1.82) is 0 Å². The molecule has 1 fully saturated rings. The van der Waals surface area contributed by atoms with Crippen LogP contribution in [0.1, 0.15) is 45.5 Å². The highest BCUT2D eigenvalue weighted by molar-refractivity contribution is 6.09. The summed E-state index contributed by atoms with van der Waals surface area (Å²) in [6.07, 6.45) is 5.77. The lowest BCUT2D eigenvalue weighted by Crippen LogP contribution is -2.41. The molecule has 0 unspecified atom stereocenters. The SMILES string of the molecule is Cc1cccc(C(=O)N2CCC(OCCCN)CC2)c1NC(=O)c1ccncc1. The first-order chi connectivity index (χ1) is 14.1. The molecule has 1 aliphatic heterocycles. The smallest absolute Gasteiger partial charge is 0.255 e. The third kappa shape index (κ3) is 5.40. The maximum atomic E-state index is 13.2. The van der Waals surface area contributed by atoms with Crippen LogP contribution >= 0.6 is 0 Å². The van der Waals surface area contributed by atoms with Crippen LogP contribution < -0.4 is 11.1 Å². The van der Waals surface area contributed by atoms with Gasteiger partial charge in [0.25, 0.3) is 11.8 Å². The van der Waals surface area contributed by atoms with E-state index in [1.54, 1.807) is 30.6 Å². The van der Waals surface area contributed by atoms with Gasteiger partial charge in [-0.2, -0.15) is 0 Å². The number of hydrogen-bond donors (Lipinski definition) is 2. The van der Waals surface area contributed by atoms with Crippen molar-refractivity contribution in [3.8, 4) is 0 Å². The van der Waals surface area contributed by atoms with Gasteiger partial charge in [-0.1, -0.05) is 12.1 Å². The summed E-state index contributed by atoms with van der Waals surface area (Å²) in [6.45, 7) is 4.45. The average molecular weight is 396 g/mol. The Hall–Kier alpha value is -2.77. The number of rotatable bonds is 7. The van der Waals surface area contributed by atoms with E-state index in [1.165, 1.54) is 0 Å². The van der Waals surface area contributed by atoms with Crippen LogP contribution in [0.3, 0.4) is 0 Å². The number of benzene rings is 1. The molecule has 29 heavy (non-hydrogen) atoms. The first-order valence-electron chi connectivity index (χ1n) is 10.0. The number of para-hydroxylation sites is 1. The number of likely N-dealkylation sites (tertiary alicyclic amines) is 1. The van der Waals surface area contributed by atoms with Crippen LogP contribution in [0.2, 0.25) is 0 Å². The predicted molar refractivity (Wildman–Crippen MR) is 112 cm³/mol. The van der Waals surface area contributed by atoms with E-state index in [-0.39, 0.29) is 17.9 Å². The Balaban J connectivity index is 1.68. The Labute approximate surface area is 171 Å². The molecular formula is C22H28N4O3. The minimum absolute atomic E-state index is 0.0702. The Kier molecular flexibility index (Phi) is 7.32. The molecule has 1 aromatic carbocycles. The quantitative estimate of drug-likeness (QED) is 0.701. The minimum Gasteiger partial charge on any atom is -0.378 e. The van der Waals surface area contributed by atoms with Crippen LogP contribution in [0.5, 0.6) is 0 Å². The first kappa shape index (κ1) is 21.0. The number of aryl methyl sites for hydroxylation is 1. The highest BCUT2D eigenvalue weighted by atomic mass is 16.5. The van der Waals surface area contributed by atoms with Gasteiger partial charge in [-0.3, -0.25) is 14.6 Å². The maximum absolute atomic E-state index is 13.2. The van der Waals surface area contributed by atoms with Crippen molar-refractivity contribution in [2.24, 2.45) is 5.73 Å². The van der Waals surface area contributed by atoms with E-state index in [9.17, 15) is 9.59 Å². The van der Waals surface area contributed by atoms with Gasteiger partial charge in [0.15, 0.2) is 0 Å². The summed E-state index contributed by atoms with van der Waals surface area (Å²) in [5, 5.41) is 2.91. The lowest BCUT2D eigenvalue weighted by molar-refractivity contribution is 0.00847. The maximum Gasteiger partial charge on any atom is 0.255 e. The van der Waals surface area contributed by atoms with E-state index in [2.05, 4.69) is 10.3 Å². The molecule has 0 radical (unpaired) electrons. The van der Waals surface area contributed by atoms with Crippen LogP contribution in [-0.2, 0) is 4.74 Å². The van der Waals surface area contributed by atoms with Crippen molar-refractivity contribution in [2.75, 3.05) is 31.6 Å². The first-order valence-corrected chi connectivity index (χ1v) is 10.0. The molecule has 2 heterocycles. The number of ether oxygens (including phenoxy) is 1. The fraction of sp³-hybridized carbons (Fsp3) is 0.409. The summed E-state index contributed by atoms with van der Waals surface area (Å²) in [6, 6.07) is 8.78. The Morgan fingerprint density at radius 2 is 1.93 bits per heavy atom. The Morgan fingerprint density at radius 3 is 2.62 bits per heavy atom. The number of pyridine rings is 1. The Bertz CT molecular complexity index is 833. The van der Waals surface area contributed by atoms with E-state index in [1.807, 2.05) is 24.0 Å². The fourth-order valence-electron chi connectivity index (χ4n) is 3.43. The highest BCUT2D eigenvalue weighted by Gasteiger charge is 2.26. The topological polar surface area (TPSA) is 97.5 Å². The molecule has 0 aliphatic carbocycles. The van der Waals surface area contributed by atoms with Crippen LogP contribution in [0.25, 0.3) is 0 Å². The molecule has 0 atom stereocenters. The highest BCUT2D eigenvalue weighted by Crippen LogP contribution is 2.25. The number of nitrogens with two attached hydrogens (primary N) is 1. The van der Waals surface area contributed by atoms with E-state index in [0.717, 1.165) is 24.8 Å². The number of amides is 2. The van der Waals surface area contributed by atoms with Crippen molar-refractivity contribution in [3.05, 3.63) is 59.4 Å². The normalized spacial score (nSPS) is 14.6. The largest absolute Gasteiger partial charge is 0.378 e. The van der Waals surface area contributed by atoms with Gasteiger partial charge in [0.2, 0.25) is 0 Å². The molecular weight excluding hydrogens is 368 g/mol. The summed E-state index contributed by atoms with van der Waals surface area (Å²) in [5.74, 6) is -0.332. The number of piperidine rings is 1. The summed E-state index contributed by atoms with van der Waals surface area (Å²) in [7, 11) is 0. The molecule has 3 rings (SSSR count). The molecule has 154 valence electrons. The standard InChI is InChI=1S/C22H28N4O3/c1-16-4-2-5-19(20(16)25-21(27)17-6-11-24-12-7-17)22(28)26-13-8-18(9-14-26)29-15-3-10-23/h2,4-7,11-12,18H,3,8-10,13-15,23H2,1H3,(H,25,27). The number of aromatic nitrogens is 1. The predicted octanol–water partition coefficient (Wildman–Crippen LogP) is 2.61. The summed E-state index contributed by atoms with van der Waals surface area (Å²) in [5.41, 5.74) is 7.91. The van der Waals surface area contributed by atoms with Crippen LogP contribution in [0.15, 0.2) is 42.7 Å². The van der Waals surface area contributed by atoms with Gasteiger partial charge in [0.1, 0.15) is 0 Å². The molecule has 7 nitrogen and oxygen atoms in total. The molecule has 0 spiro atoms. The number of nitrogens with zero attached hydrogens (tertiary/aromatic N) is 2. The zero-order valence-electron chi connectivity index (χ0n) is 16.8. The number of carbonyl (C=O) groups is 2. The molecule has 0 saturated carbocycles. The molecule has 1 aliphatic rings. The number of nitrogens with one attached hydrogen (secondary N) is 1. The average Bonchev–Trinajstić information content (AvgIpc) is 2.76. The molecule has 3 N–H and O–H groups in total. The second-order valence-electron chi connectivity index (χ2n) is 7.19. The van der Waals surface area contributed by atoms with Crippen molar-refractivity contribution < 1.29 is 14.3 Å². The van der Waals surface area contributed by atoms with Gasteiger partial charge >= 0.3 is 0 Å². The summed E-state index contributed by atoms with van der Waals surface area (Å²) >= 11 is 0. The van der Waals surface area contributed by atoms with Crippen molar-refractivity contribution in [1.82, 2.24) is 9.88 Å². The number of anilines is 1. The van der Waals surface area contributed by atoms with E-state index in [0.29, 0.717) is 43.1 Å². The van der Waals surface area contributed by atoms with Crippen LogP contribution in [-0.4, -0.2) is 54.0 Å². The third-order valence-electron chi connectivity index (χ3n) is 5.12. The molecule has 2 aromatic rings. The van der Waals surface area contributed by atoms with Gasteiger partial charge in [-0.05, 0) is 56.5 Å². The second-order valence-corrected chi connectivity index (χ2v) is 7.19. The van der Waals surface area contributed by atoms with Gasteiger partial charge in [-0.25, -0.2) is 0 Å². The molecule has 7 heteroatoms. The van der Waals surface area contributed by atoms with Crippen molar-refractivity contribution in [2.45, 2.75) is 32.3 Å². The fourth-order valence-corrected chi connectivity index (χ4v) is 3.43. The van der Waals surface area contributed by atoms with Gasteiger partial charge < -0.3 is 20.7 Å².